The number of aliphatic carboxylic acids is 1. The van der Waals surface area contributed by atoms with Crippen molar-refractivity contribution in [2.75, 3.05) is 17.2 Å². The molecule has 0 bridgehead atoms. The molecule has 0 heterocycles. The van der Waals surface area contributed by atoms with Gasteiger partial charge in [-0.3, -0.25) is 14.9 Å². The Hall–Kier alpha value is -3.41. The molecule has 7 nitrogen and oxygen atoms in total. The maximum atomic E-state index is 12.6. The monoisotopic (exact) mass is 586 g/mol. The van der Waals surface area contributed by atoms with Crippen molar-refractivity contribution in [1.29, 1.82) is 0 Å². The summed E-state index contributed by atoms with van der Waals surface area (Å²) in [5.41, 5.74) is 0.0184. The summed E-state index contributed by atoms with van der Waals surface area (Å²) in [7, 11) is 0. The van der Waals surface area contributed by atoms with Crippen molar-refractivity contribution in [2.24, 2.45) is 0 Å². The van der Waals surface area contributed by atoms with E-state index in [1.54, 1.807) is 24.3 Å². The summed E-state index contributed by atoms with van der Waals surface area (Å²) in [5.74, 6) is -1.53. The van der Waals surface area contributed by atoms with Gasteiger partial charge in [-0.25, -0.2) is 4.79 Å². The standard InChI is InChI=1S/C25H19Cl2F3N2O5S/c26-19-10-1-14(13-20(19)27)22(33)31-16-6-8-18(9-7-16)38-21(23(34)35)11-12-37-24(36)32-17-4-2-15(3-5-17)25(28,29)30/h1-10,13,21H,11-12H2,(H,31,33)(H,32,36)(H,34,35). The second-order valence-corrected chi connectivity index (χ2v) is 9.77. The Labute approximate surface area is 229 Å². The lowest BCUT2D eigenvalue weighted by Crippen LogP contribution is -2.21. The van der Waals surface area contributed by atoms with Gasteiger partial charge in [0, 0.05) is 28.3 Å². The quantitative estimate of drug-likeness (QED) is 0.225. The van der Waals surface area contributed by atoms with E-state index < -0.39 is 35.0 Å². The van der Waals surface area contributed by atoms with Crippen LogP contribution in [0.15, 0.2) is 71.6 Å². The first kappa shape index (κ1) is 29.2. The Kier molecular flexibility index (Phi) is 9.90. The maximum Gasteiger partial charge on any atom is 0.416 e. The van der Waals surface area contributed by atoms with E-state index in [-0.39, 0.29) is 23.7 Å². The third-order valence-corrected chi connectivity index (χ3v) is 6.92. The first-order valence-electron chi connectivity index (χ1n) is 10.8. The molecule has 0 radical (unpaired) electrons. The van der Waals surface area contributed by atoms with E-state index >= 15 is 0 Å². The summed E-state index contributed by atoms with van der Waals surface area (Å²) < 4.78 is 42.8. The molecule has 0 aliphatic carbocycles. The SMILES string of the molecule is O=C(Nc1ccc(C(F)(F)F)cc1)OCCC(Sc1ccc(NC(=O)c2ccc(Cl)c(Cl)c2)cc1)C(=O)O. The van der Waals surface area contributed by atoms with Crippen LogP contribution in [-0.2, 0) is 15.7 Å². The molecule has 1 atom stereocenters. The third kappa shape index (κ3) is 8.57. The zero-order valence-electron chi connectivity index (χ0n) is 19.2. The minimum absolute atomic E-state index is 0.0315. The number of carbonyl (C=O) groups excluding carboxylic acids is 2. The van der Waals surface area contributed by atoms with Crippen LogP contribution in [0, 0.1) is 0 Å². The van der Waals surface area contributed by atoms with Crippen LogP contribution in [-0.4, -0.2) is 34.9 Å². The van der Waals surface area contributed by atoms with E-state index in [9.17, 15) is 32.7 Å². The highest BCUT2D eigenvalue weighted by atomic mass is 35.5. The van der Waals surface area contributed by atoms with Crippen molar-refractivity contribution in [3.8, 4) is 0 Å². The Morgan fingerprint density at radius 1 is 0.895 bits per heavy atom. The largest absolute Gasteiger partial charge is 0.480 e. The molecule has 3 aromatic rings. The minimum Gasteiger partial charge on any atom is -0.480 e. The van der Waals surface area contributed by atoms with Gasteiger partial charge in [0.2, 0.25) is 0 Å². The van der Waals surface area contributed by atoms with Gasteiger partial charge >= 0.3 is 18.2 Å². The number of carboxylic acids is 1. The van der Waals surface area contributed by atoms with Gasteiger partial charge in [0.25, 0.3) is 5.91 Å². The van der Waals surface area contributed by atoms with Gasteiger partial charge in [-0.1, -0.05) is 23.2 Å². The number of halogens is 5. The van der Waals surface area contributed by atoms with Crippen LogP contribution < -0.4 is 10.6 Å². The van der Waals surface area contributed by atoms with E-state index in [4.69, 9.17) is 27.9 Å². The van der Waals surface area contributed by atoms with E-state index in [0.717, 1.165) is 36.0 Å². The molecule has 0 aliphatic rings. The topological polar surface area (TPSA) is 105 Å². The molecule has 0 aliphatic heterocycles. The smallest absolute Gasteiger partial charge is 0.416 e. The molecule has 0 aromatic heterocycles. The molecule has 3 rings (SSSR count). The number of hydrogen-bond donors (Lipinski definition) is 3. The van der Waals surface area contributed by atoms with Gasteiger partial charge in [0.05, 0.1) is 22.2 Å². The van der Waals surface area contributed by atoms with Gasteiger partial charge in [-0.15, -0.1) is 11.8 Å². The molecule has 38 heavy (non-hydrogen) atoms. The van der Waals surface area contributed by atoms with Crippen molar-refractivity contribution >= 4 is 64.3 Å². The van der Waals surface area contributed by atoms with Gasteiger partial charge in [0.15, 0.2) is 0 Å². The minimum atomic E-state index is -4.50. The van der Waals surface area contributed by atoms with Crippen molar-refractivity contribution < 1.29 is 37.4 Å². The predicted molar refractivity (Wildman–Crippen MR) is 139 cm³/mol. The third-order valence-electron chi connectivity index (χ3n) is 4.92. The lowest BCUT2D eigenvalue weighted by atomic mass is 10.2. The Morgan fingerprint density at radius 2 is 1.50 bits per heavy atom. The first-order valence-corrected chi connectivity index (χ1v) is 12.4. The highest BCUT2D eigenvalue weighted by molar-refractivity contribution is 8.00. The Bertz CT molecular complexity index is 1310. The average molecular weight is 587 g/mol. The van der Waals surface area contributed by atoms with Gasteiger partial charge in [-0.2, -0.15) is 13.2 Å². The molecule has 13 heteroatoms. The second kappa shape index (κ2) is 12.9. The number of amides is 2. The summed E-state index contributed by atoms with van der Waals surface area (Å²) in [6.07, 6.45) is -5.46. The van der Waals surface area contributed by atoms with Crippen LogP contribution in [0.5, 0.6) is 0 Å². The molecule has 0 spiro atoms. The number of alkyl halides is 3. The fourth-order valence-electron chi connectivity index (χ4n) is 3.01. The predicted octanol–water partition coefficient (Wildman–Crippen LogP) is 7.45. The number of hydrogen-bond acceptors (Lipinski definition) is 5. The molecule has 0 saturated heterocycles. The normalized spacial score (nSPS) is 11.9. The van der Waals surface area contributed by atoms with Crippen molar-refractivity contribution in [3.05, 3.63) is 87.9 Å². The van der Waals surface area contributed by atoms with Crippen LogP contribution >= 0.6 is 35.0 Å². The summed E-state index contributed by atoms with van der Waals surface area (Å²) in [5, 5.41) is 14.1. The van der Waals surface area contributed by atoms with Crippen molar-refractivity contribution in [2.45, 2.75) is 22.7 Å². The van der Waals surface area contributed by atoms with Crippen molar-refractivity contribution in [3.63, 3.8) is 0 Å². The van der Waals surface area contributed by atoms with E-state index in [1.807, 2.05) is 0 Å². The number of benzene rings is 3. The van der Waals surface area contributed by atoms with E-state index in [1.165, 1.54) is 18.2 Å². The summed E-state index contributed by atoms with van der Waals surface area (Å²) in [4.78, 5) is 36.5. The second-order valence-electron chi connectivity index (χ2n) is 7.68. The van der Waals surface area contributed by atoms with Gasteiger partial charge in [0.1, 0.15) is 5.25 Å². The van der Waals surface area contributed by atoms with Crippen LogP contribution in [0.1, 0.15) is 22.3 Å². The number of carboxylic acid groups (broad SMARTS) is 1. The summed E-state index contributed by atoms with van der Waals surface area (Å²) >= 11 is 12.8. The first-order chi connectivity index (χ1) is 17.9. The average Bonchev–Trinajstić information content (AvgIpc) is 2.85. The molecule has 2 amide bonds. The zero-order valence-corrected chi connectivity index (χ0v) is 21.5. The van der Waals surface area contributed by atoms with Crippen LogP contribution in [0.4, 0.5) is 29.3 Å². The van der Waals surface area contributed by atoms with E-state index in [0.29, 0.717) is 21.2 Å². The lowest BCUT2D eigenvalue weighted by Gasteiger charge is -2.13. The molecule has 0 fully saturated rings. The maximum absolute atomic E-state index is 12.6. The van der Waals surface area contributed by atoms with Crippen LogP contribution in [0.2, 0.25) is 10.0 Å². The zero-order chi connectivity index (χ0) is 27.9. The molecular formula is C25H19Cl2F3N2O5S. The molecule has 1 unspecified atom stereocenters. The molecular weight excluding hydrogens is 568 g/mol. The highest BCUT2D eigenvalue weighted by Gasteiger charge is 2.30. The Balaban J connectivity index is 1.48. The molecule has 0 saturated carbocycles. The lowest BCUT2D eigenvalue weighted by molar-refractivity contribution is -0.138. The summed E-state index contributed by atoms with van der Waals surface area (Å²) in [6.45, 7) is -0.242. The van der Waals surface area contributed by atoms with Crippen LogP contribution in [0.25, 0.3) is 0 Å². The number of ether oxygens (including phenoxy) is 1. The van der Waals surface area contributed by atoms with Crippen molar-refractivity contribution in [1.82, 2.24) is 0 Å². The van der Waals surface area contributed by atoms with Gasteiger partial charge in [-0.05, 0) is 66.7 Å². The number of carbonyl (C=O) groups is 3. The highest BCUT2D eigenvalue weighted by Crippen LogP contribution is 2.30. The number of rotatable bonds is 9. The van der Waals surface area contributed by atoms with E-state index in [2.05, 4.69) is 10.6 Å². The molecule has 3 N–H and O–H groups in total. The molecule has 200 valence electrons. The molecule has 3 aromatic carbocycles. The van der Waals surface area contributed by atoms with Gasteiger partial charge < -0.3 is 15.2 Å². The fourth-order valence-corrected chi connectivity index (χ4v) is 4.24. The number of thioether (sulfide) groups is 1. The Morgan fingerprint density at radius 3 is 2.08 bits per heavy atom. The number of anilines is 2. The number of nitrogens with one attached hydrogen (secondary N) is 2. The summed E-state index contributed by atoms with van der Waals surface area (Å²) in [6, 6.07) is 14.7. The van der Waals surface area contributed by atoms with Crippen LogP contribution in [0.3, 0.4) is 0 Å². The fraction of sp³-hybridized carbons (Fsp3) is 0.160.